The highest BCUT2D eigenvalue weighted by atomic mass is 79.9. The van der Waals surface area contributed by atoms with Gasteiger partial charge in [-0.2, -0.15) is 13.2 Å². The number of amidine groups is 1. The minimum Gasteiger partial charge on any atom is -0.384 e. The predicted molar refractivity (Wildman–Crippen MR) is 79.9 cm³/mol. The quantitative estimate of drug-likeness (QED) is 0.639. The first-order chi connectivity index (χ1) is 9.76. The van der Waals surface area contributed by atoms with Gasteiger partial charge < -0.3 is 10.6 Å². The van der Waals surface area contributed by atoms with E-state index in [1.54, 1.807) is 6.07 Å². The second kappa shape index (κ2) is 6.23. The van der Waals surface area contributed by atoms with E-state index in [0.717, 1.165) is 5.69 Å². The van der Waals surface area contributed by atoms with Gasteiger partial charge >= 0.3 is 6.18 Å². The normalized spacial score (nSPS) is 17.0. The highest BCUT2D eigenvalue weighted by molar-refractivity contribution is 9.10. The van der Waals surface area contributed by atoms with E-state index in [4.69, 9.17) is 11.1 Å². The minimum absolute atomic E-state index is 0.0246. The van der Waals surface area contributed by atoms with Gasteiger partial charge in [-0.1, -0.05) is 0 Å². The second-order valence-corrected chi connectivity index (χ2v) is 5.81. The van der Waals surface area contributed by atoms with Crippen molar-refractivity contribution in [3.8, 4) is 0 Å². The fourth-order valence-electron chi connectivity index (χ4n) is 2.34. The van der Waals surface area contributed by atoms with Crippen molar-refractivity contribution in [1.29, 1.82) is 5.41 Å². The molecule has 1 aromatic carbocycles. The van der Waals surface area contributed by atoms with Crippen LogP contribution in [0.3, 0.4) is 0 Å². The van der Waals surface area contributed by atoms with E-state index in [1.165, 1.54) is 4.90 Å². The van der Waals surface area contributed by atoms with Crippen molar-refractivity contribution in [2.75, 3.05) is 37.6 Å². The summed E-state index contributed by atoms with van der Waals surface area (Å²) in [6.45, 7) is 0.995. The Morgan fingerprint density at radius 1 is 1.24 bits per heavy atom. The number of anilines is 1. The van der Waals surface area contributed by atoms with E-state index >= 15 is 0 Å². The lowest BCUT2D eigenvalue weighted by molar-refractivity contribution is -0.146. The summed E-state index contributed by atoms with van der Waals surface area (Å²) in [5, 5.41) is 7.42. The molecule has 0 radical (unpaired) electrons. The Bertz CT molecular complexity index is 525. The van der Waals surface area contributed by atoms with Crippen molar-refractivity contribution in [3.63, 3.8) is 0 Å². The Morgan fingerprint density at radius 3 is 2.33 bits per heavy atom. The summed E-state index contributed by atoms with van der Waals surface area (Å²) >= 11 is 3.36. The molecule has 1 aliphatic heterocycles. The van der Waals surface area contributed by atoms with Crippen LogP contribution >= 0.6 is 15.9 Å². The summed E-state index contributed by atoms with van der Waals surface area (Å²) in [7, 11) is 0. The maximum absolute atomic E-state index is 12.3. The largest absolute Gasteiger partial charge is 0.401 e. The number of hydrogen-bond donors (Lipinski definition) is 2. The van der Waals surface area contributed by atoms with Crippen LogP contribution in [0.15, 0.2) is 22.7 Å². The fraction of sp³-hybridized carbons (Fsp3) is 0.462. The minimum atomic E-state index is -4.14. The summed E-state index contributed by atoms with van der Waals surface area (Å²) in [6, 6.07) is 5.42. The Morgan fingerprint density at radius 2 is 1.86 bits per heavy atom. The van der Waals surface area contributed by atoms with Crippen LogP contribution in [0.4, 0.5) is 18.9 Å². The Balaban J connectivity index is 1.99. The molecule has 1 aliphatic rings. The van der Waals surface area contributed by atoms with Gasteiger partial charge in [0, 0.05) is 41.9 Å². The lowest BCUT2D eigenvalue weighted by atomic mass is 10.1. The molecule has 0 unspecified atom stereocenters. The molecule has 0 amide bonds. The number of benzene rings is 1. The molecule has 4 nitrogen and oxygen atoms in total. The van der Waals surface area contributed by atoms with Crippen LogP contribution in [0, 0.1) is 5.41 Å². The van der Waals surface area contributed by atoms with Gasteiger partial charge in [-0.3, -0.25) is 10.3 Å². The molecule has 8 heteroatoms. The van der Waals surface area contributed by atoms with Crippen LogP contribution in [0.1, 0.15) is 5.56 Å². The monoisotopic (exact) mass is 364 g/mol. The van der Waals surface area contributed by atoms with Crippen molar-refractivity contribution in [2.24, 2.45) is 5.73 Å². The summed E-state index contributed by atoms with van der Waals surface area (Å²) in [5.41, 5.74) is 6.97. The number of alkyl halides is 3. The molecule has 2 rings (SSSR count). The van der Waals surface area contributed by atoms with Crippen LogP contribution in [-0.2, 0) is 0 Å². The number of nitrogen functional groups attached to an aromatic ring is 1. The number of piperazine rings is 1. The average Bonchev–Trinajstić information content (AvgIpc) is 2.37. The highest BCUT2D eigenvalue weighted by Gasteiger charge is 2.32. The van der Waals surface area contributed by atoms with Crippen molar-refractivity contribution >= 4 is 27.5 Å². The average molecular weight is 365 g/mol. The number of halogens is 4. The first-order valence-corrected chi connectivity index (χ1v) is 7.23. The molecule has 0 atom stereocenters. The molecule has 21 heavy (non-hydrogen) atoms. The zero-order valence-corrected chi connectivity index (χ0v) is 12.8. The Labute approximate surface area is 129 Å². The first kappa shape index (κ1) is 16.1. The van der Waals surface area contributed by atoms with Crippen molar-refractivity contribution in [1.82, 2.24) is 4.90 Å². The van der Waals surface area contributed by atoms with Crippen LogP contribution in [-0.4, -0.2) is 49.6 Å². The number of rotatable bonds is 3. The third kappa shape index (κ3) is 4.34. The van der Waals surface area contributed by atoms with E-state index in [1.807, 2.05) is 17.0 Å². The maximum atomic E-state index is 12.3. The smallest absolute Gasteiger partial charge is 0.384 e. The van der Waals surface area contributed by atoms with Crippen LogP contribution in [0.25, 0.3) is 0 Å². The van der Waals surface area contributed by atoms with Gasteiger partial charge in [-0.25, -0.2) is 0 Å². The van der Waals surface area contributed by atoms with Gasteiger partial charge in [-0.05, 0) is 34.1 Å². The topological polar surface area (TPSA) is 56.4 Å². The van der Waals surface area contributed by atoms with Gasteiger partial charge in [0.2, 0.25) is 0 Å². The lowest BCUT2D eigenvalue weighted by Crippen LogP contribution is -2.49. The van der Waals surface area contributed by atoms with E-state index in [2.05, 4.69) is 15.9 Å². The molecule has 1 heterocycles. The number of hydrogen-bond acceptors (Lipinski definition) is 3. The zero-order valence-electron chi connectivity index (χ0n) is 11.3. The molecule has 116 valence electrons. The van der Waals surface area contributed by atoms with E-state index in [9.17, 15) is 13.2 Å². The second-order valence-electron chi connectivity index (χ2n) is 4.96. The summed E-state index contributed by atoms with van der Waals surface area (Å²) in [4.78, 5) is 3.44. The molecule has 1 aromatic rings. The molecular formula is C13H16BrF3N4. The van der Waals surface area contributed by atoms with E-state index < -0.39 is 12.7 Å². The predicted octanol–water partition coefficient (Wildman–Crippen LogP) is 2.42. The Kier molecular flexibility index (Phi) is 4.77. The molecule has 0 aliphatic carbocycles. The highest BCUT2D eigenvalue weighted by Crippen LogP contribution is 2.25. The van der Waals surface area contributed by atoms with Gasteiger partial charge in [-0.15, -0.1) is 0 Å². The summed E-state index contributed by atoms with van der Waals surface area (Å²) < 4.78 is 37.7. The summed E-state index contributed by atoms with van der Waals surface area (Å²) in [5.74, 6) is -0.0246. The molecule has 0 spiro atoms. The lowest BCUT2D eigenvalue weighted by Gasteiger charge is -2.36. The zero-order chi connectivity index (χ0) is 15.6. The molecule has 1 saturated heterocycles. The molecule has 0 aromatic heterocycles. The third-order valence-corrected chi connectivity index (χ3v) is 4.04. The molecule has 0 bridgehead atoms. The molecule has 3 N–H and O–H groups in total. The van der Waals surface area contributed by atoms with Gasteiger partial charge in [0.1, 0.15) is 5.84 Å². The molecular weight excluding hydrogens is 349 g/mol. The number of nitrogens with zero attached hydrogens (tertiary/aromatic N) is 2. The molecule has 0 saturated carbocycles. The fourth-order valence-corrected chi connectivity index (χ4v) is 2.92. The third-order valence-electron chi connectivity index (χ3n) is 3.38. The molecule has 1 fully saturated rings. The maximum Gasteiger partial charge on any atom is 0.401 e. The summed E-state index contributed by atoms with van der Waals surface area (Å²) in [6.07, 6.45) is -4.14. The van der Waals surface area contributed by atoms with Crippen LogP contribution < -0.4 is 10.6 Å². The van der Waals surface area contributed by atoms with Crippen LogP contribution in [0.5, 0.6) is 0 Å². The van der Waals surface area contributed by atoms with Crippen molar-refractivity contribution in [3.05, 3.63) is 28.2 Å². The van der Waals surface area contributed by atoms with Crippen molar-refractivity contribution < 1.29 is 13.2 Å². The SMILES string of the molecule is N=C(N)c1ccc(N2CCN(CC(F)(F)F)CC2)cc1Br. The van der Waals surface area contributed by atoms with Gasteiger partial charge in [0.05, 0.1) is 6.54 Å². The van der Waals surface area contributed by atoms with Gasteiger partial charge in [0.25, 0.3) is 0 Å². The van der Waals surface area contributed by atoms with Gasteiger partial charge in [0.15, 0.2) is 0 Å². The van der Waals surface area contributed by atoms with E-state index in [-0.39, 0.29) is 5.84 Å². The number of nitrogens with two attached hydrogens (primary N) is 1. The number of nitrogens with one attached hydrogen (secondary N) is 1. The van der Waals surface area contributed by atoms with E-state index in [0.29, 0.717) is 36.2 Å². The van der Waals surface area contributed by atoms with Crippen LogP contribution in [0.2, 0.25) is 0 Å². The van der Waals surface area contributed by atoms with Crippen molar-refractivity contribution in [2.45, 2.75) is 6.18 Å². The first-order valence-electron chi connectivity index (χ1n) is 6.44. The standard InChI is InChI=1S/C13H16BrF3N4/c14-11-7-9(1-2-10(11)12(18)19)21-5-3-20(4-6-21)8-13(15,16)17/h1-2,7H,3-6,8H2,(H3,18,19). The Hall–Kier alpha value is -1.28.